The van der Waals surface area contributed by atoms with Gasteiger partial charge in [-0.25, -0.2) is 4.98 Å². The van der Waals surface area contributed by atoms with Crippen LogP contribution in [0.2, 0.25) is 0 Å². The van der Waals surface area contributed by atoms with Gasteiger partial charge in [0.2, 0.25) is 5.91 Å². The summed E-state index contributed by atoms with van der Waals surface area (Å²) in [6, 6.07) is 3.94. The van der Waals surface area contributed by atoms with E-state index in [4.69, 9.17) is 0 Å². The molecular formula is C15H17N3O2. The van der Waals surface area contributed by atoms with Crippen LogP contribution in [0.1, 0.15) is 36.0 Å². The van der Waals surface area contributed by atoms with Gasteiger partial charge in [0.1, 0.15) is 12.2 Å². The number of aromatic nitrogens is 2. The van der Waals surface area contributed by atoms with Crippen molar-refractivity contribution < 1.29 is 9.59 Å². The lowest BCUT2D eigenvalue weighted by Gasteiger charge is -2.12. The third-order valence-electron chi connectivity index (χ3n) is 3.83. The normalized spacial score (nSPS) is 15.6. The molecule has 1 N–H and O–H groups in total. The monoisotopic (exact) mass is 271 g/mol. The van der Waals surface area contributed by atoms with E-state index in [1.54, 1.807) is 23.0 Å². The van der Waals surface area contributed by atoms with Gasteiger partial charge in [-0.05, 0) is 25.0 Å². The molecule has 0 spiro atoms. The quantitative estimate of drug-likeness (QED) is 0.864. The molecular weight excluding hydrogens is 254 g/mol. The van der Waals surface area contributed by atoms with E-state index in [9.17, 15) is 9.59 Å². The first kappa shape index (κ1) is 12.8. The van der Waals surface area contributed by atoms with Crippen LogP contribution >= 0.6 is 0 Å². The number of amides is 1. The number of hydrogen-bond donors (Lipinski definition) is 1. The van der Waals surface area contributed by atoms with Crippen LogP contribution in [0.4, 0.5) is 0 Å². The van der Waals surface area contributed by atoms with Gasteiger partial charge in [-0.1, -0.05) is 12.8 Å². The van der Waals surface area contributed by atoms with Crippen molar-refractivity contribution in [3.8, 4) is 0 Å². The van der Waals surface area contributed by atoms with Crippen LogP contribution in [-0.4, -0.2) is 27.8 Å². The molecule has 1 aliphatic rings. The first-order chi connectivity index (χ1) is 9.78. The van der Waals surface area contributed by atoms with Crippen molar-refractivity contribution in [2.45, 2.75) is 38.3 Å². The van der Waals surface area contributed by atoms with Crippen molar-refractivity contribution in [1.29, 1.82) is 0 Å². The minimum absolute atomic E-state index is 0.0168. The summed E-state index contributed by atoms with van der Waals surface area (Å²) in [6.07, 6.45) is 8.67. The Morgan fingerprint density at radius 1 is 1.45 bits per heavy atom. The molecule has 104 valence electrons. The number of pyridine rings is 1. The molecule has 5 nitrogen and oxygen atoms in total. The van der Waals surface area contributed by atoms with E-state index in [0.717, 1.165) is 24.5 Å². The van der Waals surface area contributed by atoms with Gasteiger partial charge < -0.3 is 9.88 Å². The third-order valence-corrected chi connectivity index (χ3v) is 3.83. The number of nitrogens with zero attached hydrogens (tertiary/aromatic N) is 2. The molecule has 5 heteroatoms. The minimum Gasteiger partial charge on any atom is -0.352 e. The molecule has 0 unspecified atom stereocenters. The Bertz CT molecular complexity index is 642. The summed E-state index contributed by atoms with van der Waals surface area (Å²) in [5.41, 5.74) is 1.25. The Balaban J connectivity index is 1.79. The van der Waals surface area contributed by atoms with E-state index in [1.165, 1.54) is 12.8 Å². The van der Waals surface area contributed by atoms with Crippen LogP contribution in [0.5, 0.6) is 0 Å². The summed E-state index contributed by atoms with van der Waals surface area (Å²) in [5, 5.41) is 3.83. The highest BCUT2D eigenvalue weighted by atomic mass is 16.2. The molecule has 0 atom stereocenters. The Morgan fingerprint density at radius 2 is 2.25 bits per heavy atom. The van der Waals surface area contributed by atoms with Gasteiger partial charge in [0.25, 0.3) is 0 Å². The molecule has 0 radical (unpaired) electrons. The van der Waals surface area contributed by atoms with Crippen molar-refractivity contribution in [2.75, 3.05) is 0 Å². The Hall–Kier alpha value is -2.17. The predicted octanol–water partition coefficient (Wildman–Crippen LogP) is 1.91. The van der Waals surface area contributed by atoms with Gasteiger partial charge in [-0.3, -0.25) is 9.59 Å². The van der Waals surface area contributed by atoms with Gasteiger partial charge in [0.05, 0.1) is 0 Å². The maximum Gasteiger partial charge on any atom is 0.240 e. The third kappa shape index (κ3) is 2.43. The highest BCUT2D eigenvalue weighted by Crippen LogP contribution is 2.19. The second-order valence-corrected chi connectivity index (χ2v) is 5.25. The molecule has 0 aromatic carbocycles. The fourth-order valence-electron chi connectivity index (χ4n) is 2.86. The van der Waals surface area contributed by atoms with E-state index in [2.05, 4.69) is 10.3 Å². The van der Waals surface area contributed by atoms with Gasteiger partial charge in [-0.15, -0.1) is 0 Å². The van der Waals surface area contributed by atoms with Gasteiger partial charge in [-0.2, -0.15) is 0 Å². The van der Waals surface area contributed by atoms with E-state index in [1.807, 2.05) is 6.07 Å². The minimum atomic E-state index is -0.0168. The van der Waals surface area contributed by atoms with Crippen molar-refractivity contribution in [2.24, 2.45) is 0 Å². The molecule has 1 amide bonds. The summed E-state index contributed by atoms with van der Waals surface area (Å²) in [6.45, 7) is 0.206. The van der Waals surface area contributed by atoms with E-state index in [-0.39, 0.29) is 12.5 Å². The van der Waals surface area contributed by atoms with Crippen molar-refractivity contribution >= 4 is 23.2 Å². The average molecular weight is 271 g/mol. The molecule has 2 aromatic rings. The summed E-state index contributed by atoms with van der Waals surface area (Å²) in [7, 11) is 0. The zero-order chi connectivity index (χ0) is 13.9. The smallest absolute Gasteiger partial charge is 0.240 e. The first-order valence-electron chi connectivity index (χ1n) is 6.96. The van der Waals surface area contributed by atoms with Gasteiger partial charge >= 0.3 is 0 Å². The number of aldehydes is 1. The maximum absolute atomic E-state index is 12.1. The lowest BCUT2D eigenvalue weighted by Crippen LogP contribution is -2.35. The zero-order valence-corrected chi connectivity index (χ0v) is 11.2. The van der Waals surface area contributed by atoms with Crippen LogP contribution < -0.4 is 5.32 Å². The highest BCUT2D eigenvalue weighted by Gasteiger charge is 2.18. The summed E-state index contributed by atoms with van der Waals surface area (Å²) in [5.74, 6) is -0.0168. The standard InChI is InChI=1S/C15H17N3O2/c19-10-11-8-18(15-13(11)6-3-7-16-15)9-14(20)17-12-4-1-2-5-12/h3,6-8,10,12H,1-2,4-5,9H2,(H,17,20). The number of fused-ring (bicyclic) bond motifs is 1. The van der Waals surface area contributed by atoms with Crippen LogP contribution in [0.15, 0.2) is 24.5 Å². The van der Waals surface area contributed by atoms with Crippen molar-refractivity contribution in [3.05, 3.63) is 30.1 Å². The number of nitrogens with one attached hydrogen (secondary N) is 1. The van der Waals surface area contributed by atoms with Gasteiger partial charge in [0, 0.05) is 29.4 Å². The summed E-state index contributed by atoms with van der Waals surface area (Å²) < 4.78 is 1.74. The van der Waals surface area contributed by atoms with E-state index >= 15 is 0 Å². The molecule has 20 heavy (non-hydrogen) atoms. The van der Waals surface area contributed by atoms with Crippen molar-refractivity contribution in [1.82, 2.24) is 14.9 Å². The number of carbonyl (C=O) groups excluding carboxylic acids is 2. The molecule has 1 saturated carbocycles. The molecule has 0 saturated heterocycles. The molecule has 0 aliphatic heterocycles. The number of hydrogen-bond acceptors (Lipinski definition) is 3. The van der Waals surface area contributed by atoms with Crippen LogP contribution in [0, 0.1) is 0 Å². The van der Waals surface area contributed by atoms with Gasteiger partial charge in [0.15, 0.2) is 6.29 Å². The fraction of sp³-hybridized carbons (Fsp3) is 0.400. The Kier molecular flexibility index (Phi) is 3.50. The Morgan fingerprint density at radius 3 is 3.00 bits per heavy atom. The molecule has 1 aliphatic carbocycles. The lowest BCUT2D eigenvalue weighted by molar-refractivity contribution is -0.122. The van der Waals surface area contributed by atoms with Crippen LogP contribution in [-0.2, 0) is 11.3 Å². The fourth-order valence-corrected chi connectivity index (χ4v) is 2.86. The average Bonchev–Trinajstić information content (AvgIpc) is 3.07. The summed E-state index contributed by atoms with van der Waals surface area (Å²) in [4.78, 5) is 27.4. The zero-order valence-electron chi connectivity index (χ0n) is 11.2. The largest absolute Gasteiger partial charge is 0.352 e. The molecule has 1 fully saturated rings. The highest BCUT2D eigenvalue weighted by molar-refractivity contribution is 5.96. The first-order valence-corrected chi connectivity index (χ1v) is 6.96. The molecule has 2 aromatic heterocycles. The maximum atomic E-state index is 12.1. The summed E-state index contributed by atoms with van der Waals surface area (Å²) >= 11 is 0. The second kappa shape index (κ2) is 5.45. The molecule has 3 rings (SSSR count). The second-order valence-electron chi connectivity index (χ2n) is 5.25. The molecule has 0 bridgehead atoms. The Labute approximate surface area is 117 Å². The number of carbonyl (C=O) groups is 2. The van der Waals surface area contributed by atoms with E-state index in [0.29, 0.717) is 17.3 Å². The predicted molar refractivity (Wildman–Crippen MR) is 75.5 cm³/mol. The van der Waals surface area contributed by atoms with Crippen molar-refractivity contribution in [3.63, 3.8) is 0 Å². The molecule has 2 heterocycles. The number of rotatable bonds is 4. The van der Waals surface area contributed by atoms with Crippen LogP contribution in [0.3, 0.4) is 0 Å². The van der Waals surface area contributed by atoms with Crippen LogP contribution in [0.25, 0.3) is 11.0 Å². The SMILES string of the molecule is O=Cc1cn(CC(=O)NC2CCCC2)c2ncccc12. The lowest BCUT2D eigenvalue weighted by atomic mass is 10.2. The topological polar surface area (TPSA) is 64.0 Å². The van der Waals surface area contributed by atoms with E-state index < -0.39 is 0 Å².